The fourth-order valence-electron chi connectivity index (χ4n) is 1.04. The highest BCUT2D eigenvalue weighted by Crippen LogP contribution is 2.02. The minimum absolute atomic E-state index is 0.101. The quantitative estimate of drug-likeness (QED) is 0.306. The second kappa shape index (κ2) is 5.11. The van der Waals surface area contributed by atoms with E-state index in [2.05, 4.69) is 10.5 Å². The molecule has 5 nitrogen and oxygen atoms in total. The van der Waals surface area contributed by atoms with Gasteiger partial charge in [-0.05, 0) is 31.2 Å². The van der Waals surface area contributed by atoms with Gasteiger partial charge in [-0.25, -0.2) is 4.39 Å². The lowest BCUT2D eigenvalue weighted by molar-refractivity contribution is 0.0948. The van der Waals surface area contributed by atoms with Crippen LogP contribution in [0.5, 0.6) is 0 Å². The van der Waals surface area contributed by atoms with E-state index in [1.807, 2.05) is 0 Å². The minimum Gasteiger partial charge on any atom is -0.409 e. The lowest BCUT2D eigenvalue weighted by atomic mass is 10.2. The third-order valence-electron chi connectivity index (χ3n) is 2.01. The summed E-state index contributed by atoms with van der Waals surface area (Å²) in [5.74, 6) is -0.935. The van der Waals surface area contributed by atoms with Crippen molar-refractivity contribution >= 4 is 11.7 Å². The van der Waals surface area contributed by atoms with Crippen molar-refractivity contribution in [1.82, 2.24) is 5.32 Å². The van der Waals surface area contributed by atoms with Crippen LogP contribution in [0.25, 0.3) is 0 Å². The van der Waals surface area contributed by atoms with Crippen LogP contribution in [0.2, 0.25) is 0 Å². The summed E-state index contributed by atoms with van der Waals surface area (Å²) in [7, 11) is 0. The van der Waals surface area contributed by atoms with Gasteiger partial charge in [0.1, 0.15) is 5.82 Å². The normalized spacial score (nSPS) is 13.2. The SMILES string of the molecule is CC(NC(=O)c1ccc(F)cc1)/C(N)=N/O. The Bertz CT molecular complexity index is 403. The number of amides is 1. The van der Waals surface area contributed by atoms with Crippen molar-refractivity contribution in [1.29, 1.82) is 0 Å². The standard InChI is InChI=1S/C10H12FN3O2/c1-6(9(12)14-16)13-10(15)7-2-4-8(11)5-3-7/h2-6,16H,1H3,(H2,12,14)(H,13,15). The molecular weight excluding hydrogens is 213 g/mol. The maximum absolute atomic E-state index is 12.6. The van der Waals surface area contributed by atoms with Crippen LogP contribution in [-0.4, -0.2) is 23.0 Å². The van der Waals surface area contributed by atoms with Crippen LogP contribution in [0.4, 0.5) is 4.39 Å². The molecule has 86 valence electrons. The molecule has 0 fully saturated rings. The van der Waals surface area contributed by atoms with Gasteiger partial charge in [0.2, 0.25) is 0 Å². The van der Waals surface area contributed by atoms with Gasteiger partial charge in [-0.2, -0.15) is 0 Å². The van der Waals surface area contributed by atoms with Gasteiger partial charge in [0, 0.05) is 5.56 Å². The van der Waals surface area contributed by atoms with E-state index in [-0.39, 0.29) is 5.84 Å². The maximum atomic E-state index is 12.6. The van der Waals surface area contributed by atoms with Crippen molar-refractivity contribution in [2.45, 2.75) is 13.0 Å². The van der Waals surface area contributed by atoms with Gasteiger partial charge in [0.15, 0.2) is 5.84 Å². The topological polar surface area (TPSA) is 87.7 Å². The Morgan fingerprint density at radius 3 is 2.56 bits per heavy atom. The number of nitrogens with zero attached hydrogens (tertiary/aromatic N) is 1. The fourth-order valence-corrected chi connectivity index (χ4v) is 1.04. The van der Waals surface area contributed by atoms with Crippen molar-refractivity contribution in [3.05, 3.63) is 35.6 Å². The van der Waals surface area contributed by atoms with Gasteiger partial charge >= 0.3 is 0 Å². The molecule has 1 aromatic rings. The molecule has 0 spiro atoms. The zero-order chi connectivity index (χ0) is 12.1. The predicted molar refractivity (Wildman–Crippen MR) is 56.7 cm³/mol. The Morgan fingerprint density at radius 1 is 1.50 bits per heavy atom. The van der Waals surface area contributed by atoms with Crippen LogP contribution in [0.1, 0.15) is 17.3 Å². The number of hydrogen-bond acceptors (Lipinski definition) is 3. The van der Waals surface area contributed by atoms with Crippen LogP contribution in [-0.2, 0) is 0 Å². The number of halogens is 1. The second-order valence-corrected chi connectivity index (χ2v) is 3.23. The van der Waals surface area contributed by atoms with Crippen molar-refractivity contribution in [2.75, 3.05) is 0 Å². The van der Waals surface area contributed by atoms with Gasteiger partial charge in [-0.15, -0.1) is 0 Å². The molecule has 0 saturated carbocycles. The Labute approximate surface area is 91.8 Å². The zero-order valence-electron chi connectivity index (χ0n) is 8.64. The van der Waals surface area contributed by atoms with Crippen LogP contribution >= 0.6 is 0 Å². The molecule has 4 N–H and O–H groups in total. The average Bonchev–Trinajstić information content (AvgIpc) is 2.28. The second-order valence-electron chi connectivity index (χ2n) is 3.23. The average molecular weight is 225 g/mol. The summed E-state index contributed by atoms with van der Waals surface area (Å²) in [6.45, 7) is 1.57. The van der Waals surface area contributed by atoms with Gasteiger partial charge in [-0.3, -0.25) is 4.79 Å². The summed E-state index contributed by atoms with van der Waals surface area (Å²) < 4.78 is 12.6. The molecule has 1 aromatic carbocycles. The van der Waals surface area contributed by atoms with Gasteiger partial charge < -0.3 is 16.3 Å². The fraction of sp³-hybridized carbons (Fsp3) is 0.200. The molecule has 6 heteroatoms. The lowest BCUT2D eigenvalue weighted by Crippen LogP contribution is -2.42. The molecule has 0 saturated heterocycles. The summed E-state index contributed by atoms with van der Waals surface area (Å²) in [5.41, 5.74) is 5.60. The van der Waals surface area contributed by atoms with Crippen molar-refractivity contribution < 1.29 is 14.4 Å². The first-order valence-corrected chi connectivity index (χ1v) is 4.58. The molecule has 0 aromatic heterocycles. The number of hydrogen-bond donors (Lipinski definition) is 3. The third kappa shape index (κ3) is 2.94. The molecule has 0 aliphatic heterocycles. The van der Waals surface area contributed by atoms with Gasteiger partial charge in [0.25, 0.3) is 5.91 Å². The van der Waals surface area contributed by atoms with E-state index in [0.717, 1.165) is 0 Å². The number of benzene rings is 1. The molecule has 16 heavy (non-hydrogen) atoms. The number of amidine groups is 1. The third-order valence-corrected chi connectivity index (χ3v) is 2.01. The predicted octanol–water partition coefficient (Wildman–Crippen LogP) is 0.690. The minimum atomic E-state index is -0.595. The summed E-state index contributed by atoms with van der Waals surface area (Å²) in [6.07, 6.45) is 0. The van der Waals surface area contributed by atoms with Crippen molar-refractivity contribution in [3.63, 3.8) is 0 Å². The molecule has 0 aliphatic rings. The van der Waals surface area contributed by atoms with Gasteiger partial charge in [0.05, 0.1) is 6.04 Å². The molecule has 1 rings (SSSR count). The van der Waals surface area contributed by atoms with E-state index < -0.39 is 17.8 Å². The first-order valence-electron chi connectivity index (χ1n) is 4.58. The highest BCUT2D eigenvalue weighted by atomic mass is 19.1. The Balaban J connectivity index is 2.69. The van der Waals surface area contributed by atoms with Crippen molar-refractivity contribution in [2.24, 2.45) is 10.9 Å². The molecule has 1 unspecified atom stereocenters. The molecular formula is C10H12FN3O2. The Hall–Kier alpha value is -2.11. The first-order chi connectivity index (χ1) is 7.54. The Kier molecular flexibility index (Phi) is 3.82. The van der Waals surface area contributed by atoms with E-state index in [1.54, 1.807) is 6.92 Å². The summed E-state index contributed by atoms with van der Waals surface area (Å²) in [6, 6.07) is 4.47. The summed E-state index contributed by atoms with van der Waals surface area (Å²) in [4.78, 5) is 11.6. The summed E-state index contributed by atoms with van der Waals surface area (Å²) >= 11 is 0. The number of carbonyl (C=O) groups is 1. The van der Waals surface area contributed by atoms with E-state index in [4.69, 9.17) is 10.9 Å². The number of nitrogens with one attached hydrogen (secondary N) is 1. The zero-order valence-corrected chi connectivity index (χ0v) is 8.64. The lowest BCUT2D eigenvalue weighted by Gasteiger charge is -2.11. The molecule has 0 bridgehead atoms. The maximum Gasteiger partial charge on any atom is 0.251 e. The van der Waals surface area contributed by atoms with Crippen LogP contribution in [0.3, 0.4) is 0 Å². The van der Waals surface area contributed by atoms with E-state index in [1.165, 1.54) is 24.3 Å². The largest absolute Gasteiger partial charge is 0.409 e. The van der Waals surface area contributed by atoms with Crippen molar-refractivity contribution in [3.8, 4) is 0 Å². The summed E-state index contributed by atoms with van der Waals surface area (Å²) in [5, 5.41) is 13.6. The monoisotopic (exact) mass is 225 g/mol. The highest BCUT2D eigenvalue weighted by Gasteiger charge is 2.12. The molecule has 0 heterocycles. The number of rotatable bonds is 3. The molecule has 0 radical (unpaired) electrons. The van der Waals surface area contributed by atoms with Crippen LogP contribution in [0.15, 0.2) is 29.4 Å². The smallest absolute Gasteiger partial charge is 0.251 e. The number of oxime groups is 1. The van der Waals surface area contributed by atoms with Crippen LogP contribution < -0.4 is 11.1 Å². The van der Waals surface area contributed by atoms with E-state index in [9.17, 15) is 9.18 Å². The van der Waals surface area contributed by atoms with Gasteiger partial charge in [-0.1, -0.05) is 5.16 Å². The highest BCUT2D eigenvalue weighted by molar-refractivity contribution is 5.98. The Morgan fingerprint density at radius 2 is 2.06 bits per heavy atom. The van der Waals surface area contributed by atoms with Crippen LogP contribution in [0, 0.1) is 5.82 Å². The number of carbonyl (C=O) groups excluding carboxylic acids is 1. The first kappa shape index (κ1) is 12.0. The molecule has 0 aliphatic carbocycles. The number of nitrogens with two attached hydrogens (primary N) is 1. The van der Waals surface area contributed by atoms with E-state index >= 15 is 0 Å². The van der Waals surface area contributed by atoms with E-state index in [0.29, 0.717) is 5.56 Å². The molecule has 1 amide bonds. The molecule has 1 atom stereocenters.